The summed E-state index contributed by atoms with van der Waals surface area (Å²) in [5.74, 6) is 0.322. The van der Waals surface area contributed by atoms with Crippen molar-refractivity contribution < 1.29 is 8.42 Å². The molecule has 0 N–H and O–H groups in total. The summed E-state index contributed by atoms with van der Waals surface area (Å²) in [6.07, 6.45) is 2.94. The highest BCUT2D eigenvalue weighted by atomic mass is 32.2. The first-order valence-electron chi connectivity index (χ1n) is 6.60. The van der Waals surface area contributed by atoms with Crippen molar-refractivity contribution in [2.75, 3.05) is 0 Å². The minimum Gasteiger partial charge on any atom is -0.274 e. The molecule has 0 amide bonds. The van der Waals surface area contributed by atoms with E-state index in [0.717, 1.165) is 16.7 Å². The Morgan fingerprint density at radius 1 is 1.30 bits per heavy atom. The summed E-state index contributed by atoms with van der Waals surface area (Å²) in [5, 5.41) is 3.94. The van der Waals surface area contributed by atoms with Crippen LogP contribution in [0.15, 0.2) is 35.5 Å². The van der Waals surface area contributed by atoms with E-state index in [1.165, 1.54) is 10.9 Å². The van der Waals surface area contributed by atoms with Crippen molar-refractivity contribution in [3.8, 4) is 0 Å². The quantitative estimate of drug-likeness (QED) is 0.870. The van der Waals surface area contributed by atoms with E-state index in [4.69, 9.17) is 0 Å². The Labute approximate surface area is 120 Å². The lowest BCUT2D eigenvalue weighted by molar-refractivity contribution is 0.594. The van der Waals surface area contributed by atoms with Crippen LogP contribution in [0.3, 0.4) is 0 Å². The van der Waals surface area contributed by atoms with E-state index in [0.29, 0.717) is 5.92 Å². The summed E-state index contributed by atoms with van der Waals surface area (Å²) in [4.78, 5) is 0.274. The van der Waals surface area contributed by atoms with Gasteiger partial charge in [0.05, 0.1) is 11.9 Å². The fraction of sp³-hybridized carbons (Fsp3) is 0.400. The maximum atomic E-state index is 12.4. The van der Waals surface area contributed by atoms with Crippen LogP contribution in [-0.2, 0) is 22.6 Å². The summed E-state index contributed by atoms with van der Waals surface area (Å²) in [6.45, 7) is 6.13. The van der Waals surface area contributed by atoms with E-state index in [-0.39, 0.29) is 10.6 Å². The molecule has 5 heteroatoms. The molecule has 0 fully saturated rings. The molecule has 0 radical (unpaired) electrons. The number of aryl methyl sites for hydroxylation is 2. The van der Waals surface area contributed by atoms with Crippen LogP contribution in [-0.4, -0.2) is 18.2 Å². The molecule has 0 saturated heterocycles. The third-order valence-electron chi connectivity index (χ3n) is 3.31. The molecular weight excluding hydrogens is 272 g/mol. The average Bonchev–Trinajstić information content (AvgIpc) is 2.75. The van der Waals surface area contributed by atoms with Crippen molar-refractivity contribution in [3.63, 3.8) is 0 Å². The molecule has 0 aliphatic heterocycles. The largest absolute Gasteiger partial charge is 0.274 e. The van der Waals surface area contributed by atoms with E-state index in [2.05, 4.69) is 18.9 Å². The summed E-state index contributed by atoms with van der Waals surface area (Å²) in [7, 11) is -1.64. The molecule has 0 saturated carbocycles. The molecule has 20 heavy (non-hydrogen) atoms. The fourth-order valence-electron chi connectivity index (χ4n) is 2.27. The van der Waals surface area contributed by atoms with Crippen LogP contribution < -0.4 is 0 Å². The number of benzene rings is 1. The predicted molar refractivity (Wildman–Crippen MR) is 79.4 cm³/mol. The van der Waals surface area contributed by atoms with Gasteiger partial charge in [0.25, 0.3) is 0 Å². The summed E-state index contributed by atoms with van der Waals surface area (Å²) < 4.78 is 26.4. The van der Waals surface area contributed by atoms with Crippen LogP contribution in [0.25, 0.3) is 0 Å². The van der Waals surface area contributed by atoms with Gasteiger partial charge in [-0.05, 0) is 24.0 Å². The zero-order valence-corrected chi connectivity index (χ0v) is 13.1. The number of nitrogens with zero attached hydrogens (tertiary/aromatic N) is 2. The summed E-state index contributed by atoms with van der Waals surface area (Å²) in [6, 6.07) is 6.01. The first kappa shape index (κ1) is 14.8. The molecule has 0 aliphatic rings. The topological polar surface area (TPSA) is 52.0 Å². The number of hydrogen-bond acceptors (Lipinski definition) is 3. The normalized spacial score (nSPS) is 12.1. The van der Waals surface area contributed by atoms with Gasteiger partial charge in [-0.1, -0.05) is 37.6 Å². The van der Waals surface area contributed by atoms with E-state index < -0.39 is 9.84 Å². The van der Waals surface area contributed by atoms with Crippen LogP contribution >= 0.6 is 0 Å². The highest BCUT2D eigenvalue weighted by Crippen LogP contribution is 2.25. The van der Waals surface area contributed by atoms with Gasteiger partial charge in [-0.25, -0.2) is 8.42 Å². The number of rotatable bonds is 4. The predicted octanol–water partition coefficient (Wildman–Crippen LogP) is 2.83. The Hall–Kier alpha value is -1.62. The van der Waals surface area contributed by atoms with Gasteiger partial charge >= 0.3 is 0 Å². The number of hydrogen-bond donors (Lipinski definition) is 0. The molecule has 0 unspecified atom stereocenters. The highest BCUT2D eigenvalue weighted by molar-refractivity contribution is 7.90. The van der Waals surface area contributed by atoms with Gasteiger partial charge in [-0.3, -0.25) is 4.68 Å². The third kappa shape index (κ3) is 3.10. The zero-order chi connectivity index (χ0) is 14.9. The van der Waals surface area contributed by atoms with Crippen LogP contribution in [0, 0.1) is 6.92 Å². The Bertz CT molecular complexity index is 715. The lowest BCUT2D eigenvalue weighted by atomic mass is 9.96. The maximum Gasteiger partial charge on any atom is 0.185 e. The summed E-state index contributed by atoms with van der Waals surface area (Å²) >= 11 is 0. The van der Waals surface area contributed by atoms with Crippen LogP contribution in [0.4, 0.5) is 0 Å². The van der Waals surface area contributed by atoms with Gasteiger partial charge in [0.1, 0.15) is 4.90 Å². The van der Waals surface area contributed by atoms with Gasteiger partial charge in [-0.2, -0.15) is 5.10 Å². The van der Waals surface area contributed by atoms with E-state index >= 15 is 0 Å². The highest BCUT2D eigenvalue weighted by Gasteiger charge is 2.20. The fourth-order valence-corrected chi connectivity index (χ4v) is 3.62. The first-order chi connectivity index (χ1) is 9.29. The molecule has 0 spiro atoms. The lowest BCUT2D eigenvalue weighted by Crippen LogP contribution is -2.07. The minimum absolute atomic E-state index is 0.0217. The van der Waals surface area contributed by atoms with Gasteiger partial charge in [0.2, 0.25) is 0 Å². The molecule has 4 nitrogen and oxygen atoms in total. The van der Waals surface area contributed by atoms with Crippen molar-refractivity contribution in [1.82, 2.24) is 9.78 Å². The molecular formula is C15H20N2O2S. The van der Waals surface area contributed by atoms with Crippen molar-refractivity contribution in [2.45, 2.75) is 37.3 Å². The van der Waals surface area contributed by atoms with Crippen molar-refractivity contribution in [2.24, 2.45) is 7.05 Å². The maximum absolute atomic E-state index is 12.4. The number of sulfone groups is 1. The average molecular weight is 292 g/mol. The molecule has 0 bridgehead atoms. The van der Waals surface area contributed by atoms with Gasteiger partial charge < -0.3 is 0 Å². The Morgan fingerprint density at radius 2 is 2.00 bits per heavy atom. The van der Waals surface area contributed by atoms with Crippen LogP contribution in [0.5, 0.6) is 0 Å². The molecule has 1 heterocycles. The van der Waals surface area contributed by atoms with E-state index in [1.807, 2.05) is 25.1 Å². The minimum atomic E-state index is -3.35. The SMILES string of the molecule is Cc1ccc(C(C)C)c(CS(=O)(=O)c2cnn(C)c2)c1. The Balaban J connectivity index is 2.41. The van der Waals surface area contributed by atoms with E-state index in [1.54, 1.807) is 13.2 Å². The van der Waals surface area contributed by atoms with Crippen LogP contribution in [0.1, 0.15) is 36.5 Å². The first-order valence-corrected chi connectivity index (χ1v) is 8.25. The monoisotopic (exact) mass is 292 g/mol. The van der Waals surface area contributed by atoms with Crippen molar-refractivity contribution in [3.05, 3.63) is 47.3 Å². The number of aromatic nitrogens is 2. The zero-order valence-electron chi connectivity index (χ0n) is 12.3. The standard InChI is InChI=1S/C15H20N2O2S/c1-11(2)15-6-5-12(3)7-13(15)10-20(18,19)14-8-16-17(4)9-14/h5-9,11H,10H2,1-4H3. The second-order valence-corrected chi connectivity index (χ2v) is 7.46. The molecule has 1 aromatic carbocycles. The van der Waals surface area contributed by atoms with Gasteiger partial charge in [0, 0.05) is 13.2 Å². The summed E-state index contributed by atoms with van der Waals surface area (Å²) in [5.41, 5.74) is 3.04. The smallest absolute Gasteiger partial charge is 0.185 e. The van der Waals surface area contributed by atoms with Crippen molar-refractivity contribution >= 4 is 9.84 Å². The molecule has 108 valence electrons. The molecule has 2 rings (SSSR count). The molecule has 0 atom stereocenters. The van der Waals surface area contributed by atoms with E-state index in [9.17, 15) is 8.42 Å². The Kier molecular flexibility index (Phi) is 3.99. The third-order valence-corrected chi connectivity index (χ3v) is 4.93. The second kappa shape index (κ2) is 5.40. The Morgan fingerprint density at radius 3 is 2.55 bits per heavy atom. The van der Waals surface area contributed by atoms with Gasteiger partial charge in [0.15, 0.2) is 9.84 Å². The lowest BCUT2D eigenvalue weighted by Gasteiger charge is -2.13. The van der Waals surface area contributed by atoms with Crippen molar-refractivity contribution in [1.29, 1.82) is 0 Å². The second-order valence-electron chi connectivity index (χ2n) is 5.47. The molecule has 0 aliphatic carbocycles. The van der Waals surface area contributed by atoms with Gasteiger partial charge in [-0.15, -0.1) is 0 Å². The van der Waals surface area contributed by atoms with Crippen LogP contribution in [0.2, 0.25) is 0 Å². The molecule has 2 aromatic rings. The molecule has 1 aromatic heterocycles.